The summed E-state index contributed by atoms with van der Waals surface area (Å²) in [5.74, 6) is -1.20. The molecule has 0 bridgehead atoms. The quantitative estimate of drug-likeness (QED) is 0.554. The van der Waals surface area contributed by atoms with Gasteiger partial charge in [-0.15, -0.1) is 0 Å². The zero-order valence-corrected chi connectivity index (χ0v) is 17.3. The van der Waals surface area contributed by atoms with Crippen molar-refractivity contribution in [1.29, 1.82) is 0 Å². The second-order valence-electron chi connectivity index (χ2n) is 7.49. The van der Waals surface area contributed by atoms with E-state index >= 15 is 0 Å². The SMILES string of the molecule is O=C(/C=C/c1ccc(Cl)cc1)NCc1ccc2c(c1)CN(C1CCC(=O)NC1=O)C2=O. The summed E-state index contributed by atoms with van der Waals surface area (Å²) in [6, 6.07) is 11.9. The summed E-state index contributed by atoms with van der Waals surface area (Å²) in [5, 5.41) is 5.74. The normalized spacial score (nSPS) is 18.3. The third kappa shape index (κ3) is 4.67. The van der Waals surface area contributed by atoms with Gasteiger partial charge in [0.15, 0.2) is 0 Å². The summed E-state index contributed by atoms with van der Waals surface area (Å²) in [5.41, 5.74) is 3.06. The van der Waals surface area contributed by atoms with Crippen LogP contribution < -0.4 is 10.6 Å². The summed E-state index contributed by atoms with van der Waals surface area (Å²) in [6.07, 6.45) is 3.69. The fourth-order valence-corrected chi connectivity index (χ4v) is 3.86. The maximum Gasteiger partial charge on any atom is 0.255 e. The van der Waals surface area contributed by atoms with Crippen LogP contribution in [-0.4, -0.2) is 34.6 Å². The lowest BCUT2D eigenvalue weighted by atomic mass is 10.0. The van der Waals surface area contributed by atoms with E-state index in [0.717, 1.165) is 16.7 Å². The van der Waals surface area contributed by atoms with Crippen LogP contribution in [0.3, 0.4) is 0 Å². The van der Waals surface area contributed by atoms with Crippen molar-refractivity contribution in [2.45, 2.75) is 32.0 Å². The molecule has 4 amide bonds. The fraction of sp³-hybridized carbons (Fsp3) is 0.217. The van der Waals surface area contributed by atoms with Crippen molar-refractivity contribution in [2.75, 3.05) is 0 Å². The Morgan fingerprint density at radius 3 is 2.68 bits per heavy atom. The molecule has 1 saturated heterocycles. The molecule has 31 heavy (non-hydrogen) atoms. The third-order valence-electron chi connectivity index (χ3n) is 5.35. The van der Waals surface area contributed by atoms with E-state index in [2.05, 4.69) is 10.6 Å². The highest BCUT2D eigenvalue weighted by Gasteiger charge is 2.38. The number of carbonyl (C=O) groups excluding carboxylic acids is 4. The van der Waals surface area contributed by atoms with Gasteiger partial charge in [-0.05, 0) is 47.4 Å². The molecule has 4 rings (SSSR count). The van der Waals surface area contributed by atoms with Crippen molar-refractivity contribution < 1.29 is 19.2 Å². The van der Waals surface area contributed by atoms with E-state index in [1.54, 1.807) is 30.3 Å². The smallest absolute Gasteiger partial charge is 0.255 e. The molecule has 1 fully saturated rings. The number of halogens is 1. The lowest BCUT2D eigenvalue weighted by molar-refractivity contribution is -0.137. The maximum atomic E-state index is 12.7. The fourth-order valence-electron chi connectivity index (χ4n) is 3.73. The monoisotopic (exact) mass is 437 g/mol. The first kappa shape index (κ1) is 20.8. The number of fused-ring (bicyclic) bond motifs is 1. The number of carbonyl (C=O) groups is 4. The summed E-state index contributed by atoms with van der Waals surface area (Å²) in [6.45, 7) is 0.613. The molecule has 0 radical (unpaired) electrons. The number of nitrogens with one attached hydrogen (secondary N) is 2. The molecule has 2 N–H and O–H groups in total. The Kier molecular flexibility index (Phi) is 5.86. The number of imide groups is 1. The average Bonchev–Trinajstić information content (AvgIpc) is 3.07. The van der Waals surface area contributed by atoms with Gasteiger partial charge in [0, 0.05) is 36.2 Å². The minimum atomic E-state index is -0.640. The first-order valence-electron chi connectivity index (χ1n) is 9.88. The Hall–Kier alpha value is -3.45. The van der Waals surface area contributed by atoms with Crippen LogP contribution in [0.2, 0.25) is 5.02 Å². The minimum Gasteiger partial charge on any atom is -0.348 e. The molecular weight excluding hydrogens is 418 g/mol. The lowest BCUT2D eigenvalue weighted by Crippen LogP contribution is -2.52. The van der Waals surface area contributed by atoms with Crippen molar-refractivity contribution in [1.82, 2.24) is 15.5 Å². The Morgan fingerprint density at radius 2 is 1.94 bits per heavy atom. The number of piperidine rings is 1. The maximum absolute atomic E-state index is 12.7. The molecule has 0 spiro atoms. The lowest BCUT2D eigenvalue weighted by Gasteiger charge is -2.29. The largest absolute Gasteiger partial charge is 0.348 e. The molecule has 8 heteroatoms. The molecule has 2 aromatic carbocycles. The Labute approximate surface area is 184 Å². The van der Waals surface area contributed by atoms with Gasteiger partial charge in [0.1, 0.15) is 6.04 Å². The van der Waals surface area contributed by atoms with Gasteiger partial charge in [-0.2, -0.15) is 0 Å². The molecule has 0 saturated carbocycles. The Morgan fingerprint density at radius 1 is 1.16 bits per heavy atom. The van der Waals surface area contributed by atoms with E-state index in [1.807, 2.05) is 18.2 Å². The van der Waals surface area contributed by atoms with Gasteiger partial charge in [0.05, 0.1) is 0 Å². The van der Waals surface area contributed by atoms with Crippen LogP contribution in [0.25, 0.3) is 6.08 Å². The van der Waals surface area contributed by atoms with Crippen LogP contribution in [-0.2, 0) is 27.5 Å². The molecule has 1 unspecified atom stereocenters. The highest BCUT2D eigenvalue weighted by atomic mass is 35.5. The summed E-state index contributed by atoms with van der Waals surface area (Å²) >= 11 is 5.85. The summed E-state index contributed by atoms with van der Waals surface area (Å²) in [4.78, 5) is 49.8. The first-order chi connectivity index (χ1) is 14.9. The van der Waals surface area contributed by atoms with Gasteiger partial charge >= 0.3 is 0 Å². The van der Waals surface area contributed by atoms with E-state index in [4.69, 9.17) is 11.6 Å². The zero-order chi connectivity index (χ0) is 22.0. The molecule has 158 valence electrons. The molecule has 0 aliphatic carbocycles. The standard InChI is InChI=1S/C23H20ClN3O4/c24-17-5-1-14(2-6-17)4-9-20(28)25-12-15-3-7-18-16(11-15)13-27(23(18)31)19-8-10-21(29)26-22(19)30/h1-7,9,11,19H,8,10,12-13H2,(H,25,28)(H,26,29,30)/b9-4+. The van der Waals surface area contributed by atoms with Crippen LogP contribution in [0, 0.1) is 0 Å². The van der Waals surface area contributed by atoms with Crippen molar-refractivity contribution >= 4 is 41.3 Å². The van der Waals surface area contributed by atoms with Gasteiger partial charge in [0.2, 0.25) is 17.7 Å². The number of hydrogen-bond donors (Lipinski definition) is 2. The van der Waals surface area contributed by atoms with Crippen LogP contribution in [0.1, 0.15) is 39.9 Å². The van der Waals surface area contributed by atoms with Crippen LogP contribution in [0.15, 0.2) is 48.5 Å². The van der Waals surface area contributed by atoms with Gasteiger partial charge in [0.25, 0.3) is 5.91 Å². The van der Waals surface area contributed by atoms with E-state index in [9.17, 15) is 19.2 Å². The predicted molar refractivity (Wildman–Crippen MR) is 115 cm³/mol. The van der Waals surface area contributed by atoms with Crippen molar-refractivity contribution in [3.05, 3.63) is 75.8 Å². The van der Waals surface area contributed by atoms with Gasteiger partial charge in [-0.25, -0.2) is 0 Å². The summed E-state index contributed by atoms with van der Waals surface area (Å²) in [7, 11) is 0. The molecule has 2 aliphatic rings. The molecule has 2 heterocycles. The second-order valence-corrected chi connectivity index (χ2v) is 7.93. The van der Waals surface area contributed by atoms with Gasteiger partial charge in [-0.1, -0.05) is 35.9 Å². The number of amides is 4. The molecule has 2 aliphatic heterocycles. The Balaban J connectivity index is 1.37. The summed E-state index contributed by atoms with van der Waals surface area (Å²) < 4.78 is 0. The molecule has 1 atom stereocenters. The van der Waals surface area contributed by atoms with Crippen LogP contribution in [0.4, 0.5) is 0 Å². The number of rotatable bonds is 5. The van der Waals surface area contributed by atoms with Crippen LogP contribution >= 0.6 is 11.6 Å². The molecule has 7 nitrogen and oxygen atoms in total. The van der Waals surface area contributed by atoms with Crippen molar-refractivity contribution in [3.8, 4) is 0 Å². The average molecular weight is 438 g/mol. The first-order valence-corrected chi connectivity index (χ1v) is 10.3. The minimum absolute atomic E-state index is 0.217. The van der Waals surface area contributed by atoms with Crippen molar-refractivity contribution in [3.63, 3.8) is 0 Å². The van der Waals surface area contributed by atoms with E-state index in [-0.39, 0.29) is 24.1 Å². The molecule has 0 aromatic heterocycles. The molecule has 2 aromatic rings. The topological polar surface area (TPSA) is 95.6 Å². The van der Waals surface area contributed by atoms with Gasteiger partial charge in [-0.3, -0.25) is 24.5 Å². The highest BCUT2D eigenvalue weighted by Crippen LogP contribution is 2.28. The van der Waals surface area contributed by atoms with Crippen molar-refractivity contribution in [2.24, 2.45) is 0 Å². The second kappa shape index (κ2) is 8.73. The zero-order valence-electron chi connectivity index (χ0n) is 16.6. The number of nitrogens with zero attached hydrogens (tertiary/aromatic N) is 1. The highest BCUT2D eigenvalue weighted by molar-refractivity contribution is 6.30. The number of hydrogen-bond acceptors (Lipinski definition) is 4. The number of benzene rings is 2. The molecular formula is C23H20ClN3O4. The van der Waals surface area contributed by atoms with Crippen LogP contribution in [0.5, 0.6) is 0 Å². The van der Waals surface area contributed by atoms with Gasteiger partial charge < -0.3 is 10.2 Å². The van der Waals surface area contributed by atoms with E-state index in [0.29, 0.717) is 30.1 Å². The van der Waals surface area contributed by atoms with E-state index in [1.165, 1.54) is 11.0 Å². The Bertz CT molecular complexity index is 1090. The predicted octanol–water partition coefficient (Wildman–Crippen LogP) is 2.43. The third-order valence-corrected chi connectivity index (χ3v) is 5.60. The van der Waals surface area contributed by atoms with E-state index < -0.39 is 11.9 Å².